The van der Waals surface area contributed by atoms with Crippen molar-refractivity contribution in [3.63, 3.8) is 0 Å². The minimum Gasteiger partial charge on any atom is -0.452 e. The highest BCUT2D eigenvalue weighted by Gasteiger charge is 2.15. The molecule has 1 aromatic heterocycles. The second-order valence-corrected chi connectivity index (χ2v) is 5.89. The number of carbonyl (C=O) groups is 3. The Hall–Kier alpha value is -2.67. The minimum atomic E-state index is -0.631. The van der Waals surface area contributed by atoms with E-state index in [2.05, 4.69) is 5.32 Å². The van der Waals surface area contributed by atoms with E-state index >= 15 is 0 Å². The van der Waals surface area contributed by atoms with Crippen molar-refractivity contribution in [3.05, 3.63) is 51.9 Å². The number of anilines is 1. The van der Waals surface area contributed by atoms with Gasteiger partial charge in [0.15, 0.2) is 6.61 Å². The summed E-state index contributed by atoms with van der Waals surface area (Å²) < 4.78 is 5.00. The maximum atomic E-state index is 12.0. The van der Waals surface area contributed by atoms with Gasteiger partial charge in [-0.05, 0) is 36.9 Å². The Morgan fingerprint density at radius 3 is 2.57 bits per heavy atom. The lowest BCUT2D eigenvalue weighted by molar-refractivity contribution is -0.119. The van der Waals surface area contributed by atoms with Gasteiger partial charge in [-0.1, -0.05) is 17.7 Å². The van der Waals surface area contributed by atoms with Gasteiger partial charge < -0.3 is 15.8 Å². The summed E-state index contributed by atoms with van der Waals surface area (Å²) in [4.78, 5) is 35.0. The number of nitrogens with one attached hydrogen (secondary N) is 1. The molecule has 2 aromatic rings. The molecule has 0 saturated carbocycles. The molecule has 0 aliphatic rings. The van der Waals surface area contributed by atoms with Crippen LogP contribution in [0, 0.1) is 13.8 Å². The maximum absolute atomic E-state index is 12.0. The molecular formula is C16H16N2O4S. The third kappa shape index (κ3) is 4.17. The highest BCUT2D eigenvalue weighted by Crippen LogP contribution is 2.22. The molecule has 23 heavy (non-hydrogen) atoms. The van der Waals surface area contributed by atoms with Crippen LogP contribution >= 0.6 is 11.3 Å². The SMILES string of the molecule is Cc1ccc(C(=O)OCC(=O)Nc2sccc2C(N)=O)c(C)c1. The van der Waals surface area contributed by atoms with Gasteiger partial charge in [0.2, 0.25) is 0 Å². The van der Waals surface area contributed by atoms with Crippen molar-refractivity contribution in [3.8, 4) is 0 Å². The Morgan fingerprint density at radius 1 is 1.17 bits per heavy atom. The molecule has 0 spiro atoms. The van der Waals surface area contributed by atoms with Crippen LogP contribution in [0.25, 0.3) is 0 Å². The Bertz CT molecular complexity index is 767. The smallest absolute Gasteiger partial charge is 0.338 e. The number of amides is 2. The van der Waals surface area contributed by atoms with Crippen LogP contribution in [0.3, 0.4) is 0 Å². The zero-order valence-electron chi connectivity index (χ0n) is 12.7. The molecule has 1 heterocycles. The van der Waals surface area contributed by atoms with Gasteiger partial charge in [-0.2, -0.15) is 0 Å². The molecule has 6 nitrogen and oxygen atoms in total. The van der Waals surface area contributed by atoms with Crippen molar-refractivity contribution < 1.29 is 19.1 Å². The minimum absolute atomic E-state index is 0.226. The van der Waals surface area contributed by atoms with Gasteiger partial charge in [0.05, 0.1) is 11.1 Å². The molecule has 2 rings (SSSR count). The molecular weight excluding hydrogens is 316 g/mol. The van der Waals surface area contributed by atoms with Gasteiger partial charge in [-0.25, -0.2) is 4.79 Å². The molecule has 0 atom stereocenters. The second-order valence-electron chi connectivity index (χ2n) is 4.97. The quantitative estimate of drug-likeness (QED) is 0.820. The van der Waals surface area contributed by atoms with Crippen molar-refractivity contribution in [2.45, 2.75) is 13.8 Å². The van der Waals surface area contributed by atoms with Gasteiger partial charge in [0, 0.05) is 0 Å². The van der Waals surface area contributed by atoms with E-state index in [-0.39, 0.29) is 5.56 Å². The Morgan fingerprint density at radius 2 is 1.91 bits per heavy atom. The van der Waals surface area contributed by atoms with Crippen LogP contribution in [0.2, 0.25) is 0 Å². The highest BCUT2D eigenvalue weighted by molar-refractivity contribution is 7.14. The third-order valence-corrected chi connectivity index (χ3v) is 3.95. The first-order valence-electron chi connectivity index (χ1n) is 6.80. The number of benzene rings is 1. The van der Waals surface area contributed by atoms with E-state index in [9.17, 15) is 14.4 Å². The van der Waals surface area contributed by atoms with Crippen molar-refractivity contribution in [2.75, 3.05) is 11.9 Å². The number of ether oxygens (including phenoxy) is 1. The van der Waals surface area contributed by atoms with Gasteiger partial charge in [-0.3, -0.25) is 9.59 Å². The van der Waals surface area contributed by atoms with E-state index in [0.29, 0.717) is 10.6 Å². The Balaban J connectivity index is 1.95. The van der Waals surface area contributed by atoms with Crippen LogP contribution in [0.4, 0.5) is 5.00 Å². The van der Waals surface area contributed by atoms with E-state index in [1.54, 1.807) is 24.4 Å². The first-order chi connectivity index (χ1) is 10.9. The van der Waals surface area contributed by atoms with Crippen molar-refractivity contribution >= 4 is 34.1 Å². The molecule has 0 radical (unpaired) electrons. The van der Waals surface area contributed by atoms with Gasteiger partial charge in [0.1, 0.15) is 5.00 Å². The monoisotopic (exact) mass is 332 g/mol. The number of hydrogen-bond donors (Lipinski definition) is 2. The fourth-order valence-electron chi connectivity index (χ4n) is 2.01. The molecule has 0 fully saturated rings. The van der Waals surface area contributed by atoms with Crippen molar-refractivity contribution in [2.24, 2.45) is 5.73 Å². The Labute approximate surface area is 137 Å². The zero-order chi connectivity index (χ0) is 17.0. The first-order valence-corrected chi connectivity index (χ1v) is 7.68. The predicted molar refractivity (Wildman–Crippen MR) is 87.7 cm³/mol. The summed E-state index contributed by atoms with van der Waals surface area (Å²) in [5, 5.41) is 4.48. The Kier molecular flexibility index (Phi) is 5.13. The second kappa shape index (κ2) is 7.06. The van der Waals surface area contributed by atoms with E-state index in [1.165, 1.54) is 17.4 Å². The molecule has 0 bridgehead atoms. The lowest BCUT2D eigenvalue weighted by atomic mass is 10.1. The average molecular weight is 332 g/mol. The summed E-state index contributed by atoms with van der Waals surface area (Å²) in [5.41, 5.74) is 7.65. The number of hydrogen-bond acceptors (Lipinski definition) is 5. The van der Waals surface area contributed by atoms with Gasteiger partial charge >= 0.3 is 5.97 Å². The number of aryl methyl sites for hydroxylation is 2. The fourth-order valence-corrected chi connectivity index (χ4v) is 2.82. The molecule has 120 valence electrons. The molecule has 1 aromatic carbocycles. The lowest BCUT2D eigenvalue weighted by Gasteiger charge is -2.08. The van der Waals surface area contributed by atoms with Crippen molar-refractivity contribution in [1.82, 2.24) is 0 Å². The van der Waals surface area contributed by atoms with Crippen LogP contribution in [0.15, 0.2) is 29.6 Å². The number of primary amides is 1. The maximum Gasteiger partial charge on any atom is 0.338 e. The van der Waals surface area contributed by atoms with Crippen LogP contribution in [-0.2, 0) is 9.53 Å². The van der Waals surface area contributed by atoms with Crippen LogP contribution in [-0.4, -0.2) is 24.4 Å². The summed E-state index contributed by atoms with van der Waals surface area (Å²) >= 11 is 1.17. The third-order valence-electron chi connectivity index (χ3n) is 3.12. The first kappa shape index (κ1) is 16.7. The summed E-state index contributed by atoms with van der Waals surface area (Å²) in [7, 11) is 0. The van der Waals surface area contributed by atoms with E-state index in [1.807, 2.05) is 13.0 Å². The van der Waals surface area contributed by atoms with Crippen LogP contribution in [0.5, 0.6) is 0 Å². The van der Waals surface area contributed by atoms with Crippen LogP contribution in [0.1, 0.15) is 31.8 Å². The van der Waals surface area contributed by atoms with Gasteiger partial charge in [-0.15, -0.1) is 11.3 Å². The summed E-state index contributed by atoms with van der Waals surface area (Å²) in [6.45, 7) is 3.28. The van der Waals surface area contributed by atoms with E-state index in [4.69, 9.17) is 10.5 Å². The van der Waals surface area contributed by atoms with Crippen LogP contribution < -0.4 is 11.1 Å². The number of thiophene rings is 1. The summed E-state index contributed by atoms with van der Waals surface area (Å²) in [6.07, 6.45) is 0. The number of rotatable bonds is 5. The molecule has 3 N–H and O–H groups in total. The average Bonchev–Trinajstić information content (AvgIpc) is 2.93. The topological polar surface area (TPSA) is 98.5 Å². The number of carbonyl (C=O) groups excluding carboxylic acids is 3. The summed E-state index contributed by atoms with van der Waals surface area (Å²) in [6, 6.07) is 6.84. The lowest BCUT2D eigenvalue weighted by Crippen LogP contribution is -2.22. The zero-order valence-corrected chi connectivity index (χ0v) is 13.5. The number of nitrogens with two attached hydrogens (primary N) is 1. The molecule has 7 heteroatoms. The predicted octanol–water partition coefficient (Wildman–Crippen LogP) is 2.26. The molecule has 0 aliphatic heterocycles. The molecule has 0 unspecified atom stereocenters. The van der Waals surface area contributed by atoms with E-state index in [0.717, 1.165) is 11.1 Å². The van der Waals surface area contributed by atoms with Gasteiger partial charge in [0.25, 0.3) is 11.8 Å². The van der Waals surface area contributed by atoms with Crippen molar-refractivity contribution in [1.29, 1.82) is 0 Å². The fraction of sp³-hybridized carbons (Fsp3) is 0.188. The van der Waals surface area contributed by atoms with E-state index < -0.39 is 24.4 Å². The highest BCUT2D eigenvalue weighted by atomic mass is 32.1. The summed E-state index contributed by atoms with van der Waals surface area (Å²) in [5.74, 6) is -1.74. The normalized spacial score (nSPS) is 10.2. The molecule has 0 aliphatic carbocycles. The largest absolute Gasteiger partial charge is 0.452 e. The standard InChI is InChI=1S/C16H16N2O4S/c1-9-3-4-11(10(2)7-9)16(21)22-8-13(19)18-15-12(14(17)20)5-6-23-15/h3-7H,8H2,1-2H3,(H2,17,20)(H,18,19). The molecule has 2 amide bonds. The molecule has 0 saturated heterocycles. The number of esters is 1.